The van der Waals surface area contributed by atoms with Crippen molar-refractivity contribution in [1.29, 1.82) is 5.26 Å². The summed E-state index contributed by atoms with van der Waals surface area (Å²) in [5.41, 5.74) is 8.17. The third kappa shape index (κ3) is 2.48. The number of aryl methyl sites for hydroxylation is 1. The van der Waals surface area contributed by atoms with Gasteiger partial charge in [-0.3, -0.25) is 4.79 Å². The van der Waals surface area contributed by atoms with E-state index in [0.29, 0.717) is 26.8 Å². The summed E-state index contributed by atoms with van der Waals surface area (Å²) in [6.07, 6.45) is 2.97. The highest BCUT2D eigenvalue weighted by atomic mass is 35.5. The van der Waals surface area contributed by atoms with E-state index in [1.165, 1.54) is 22.3 Å². The Kier molecular flexibility index (Phi) is 3.58. The normalized spacial score (nSPS) is 12.8. The fourth-order valence-electron chi connectivity index (χ4n) is 2.52. The summed E-state index contributed by atoms with van der Waals surface area (Å²) >= 11 is 7.31. The zero-order chi connectivity index (χ0) is 15.0. The smallest absolute Gasteiger partial charge is 0.258 e. The number of carbonyl (C=O) groups excluding carboxylic acids is 1. The van der Waals surface area contributed by atoms with E-state index in [9.17, 15) is 10.1 Å². The molecule has 1 aromatic heterocycles. The molecule has 0 radical (unpaired) electrons. The van der Waals surface area contributed by atoms with Crippen LogP contribution >= 0.6 is 22.9 Å². The van der Waals surface area contributed by atoms with Gasteiger partial charge in [-0.05, 0) is 43.0 Å². The van der Waals surface area contributed by atoms with Gasteiger partial charge >= 0.3 is 0 Å². The fraction of sp³-hybridized carbons (Fsp3) is 0.200. The number of nitrogens with one attached hydrogen (secondary N) is 1. The predicted molar refractivity (Wildman–Crippen MR) is 84.9 cm³/mol. The summed E-state index contributed by atoms with van der Waals surface area (Å²) in [6.45, 7) is 0. The molecule has 4 nitrogen and oxygen atoms in total. The second-order valence-corrected chi connectivity index (χ2v) is 6.40. The van der Waals surface area contributed by atoms with Gasteiger partial charge in [0.05, 0.1) is 11.1 Å². The minimum Gasteiger partial charge on any atom is -0.398 e. The maximum Gasteiger partial charge on any atom is 0.258 e. The topological polar surface area (TPSA) is 78.9 Å². The number of hydrogen-bond donors (Lipinski definition) is 2. The van der Waals surface area contributed by atoms with Crippen molar-refractivity contribution in [2.45, 2.75) is 19.3 Å². The van der Waals surface area contributed by atoms with Crippen molar-refractivity contribution >= 4 is 39.5 Å². The van der Waals surface area contributed by atoms with Gasteiger partial charge in [0.1, 0.15) is 11.1 Å². The number of hydrogen-bond acceptors (Lipinski definition) is 4. The van der Waals surface area contributed by atoms with Crippen LogP contribution in [0.5, 0.6) is 0 Å². The van der Waals surface area contributed by atoms with Crippen LogP contribution in [0.3, 0.4) is 0 Å². The Morgan fingerprint density at radius 2 is 2.24 bits per heavy atom. The SMILES string of the molecule is N#Cc1c(NC(=O)c2ccc(Cl)cc2N)sc2c1CCC2. The van der Waals surface area contributed by atoms with Crippen LogP contribution in [0.4, 0.5) is 10.7 Å². The van der Waals surface area contributed by atoms with Crippen LogP contribution in [-0.2, 0) is 12.8 Å². The van der Waals surface area contributed by atoms with Gasteiger partial charge in [-0.1, -0.05) is 11.6 Å². The lowest BCUT2D eigenvalue weighted by molar-refractivity contribution is 0.102. The molecule has 0 bridgehead atoms. The van der Waals surface area contributed by atoms with E-state index >= 15 is 0 Å². The van der Waals surface area contributed by atoms with E-state index in [2.05, 4.69) is 11.4 Å². The van der Waals surface area contributed by atoms with Crippen LogP contribution in [0.1, 0.15) is 32.8 Å². The fourth-order valence-corrected chi connectivity index (χ4v) is 3.94. The Balaban J connectivity index is 1.91. The monoisotopic (exact) mass is 317 g/mol. The average molecular weight is 318 g/mol. The Morgan fingerprint density at radius 3 is 2.95 bits per heavy atom. The maximum atomic E-state index is 12.3. The Hall–Kier alpha value is -2.03. The highest BCUT2D eigenvalue weighted by molar-refractivity contribution is 7.16. The second-order valence-electron chi connectivity index (χ2n) is 4.86. The minimum absolute atomic E-state index is 0.319. The van der Waals surface area contributed by atoms with Gasteiger partial charge in [-0.25, -0.2) is 0 Å². The van der Waals surface area contributed by atoms with Gasteiger partial charge < -0.3 is 11.1 Å². The molecule has 3 N–H and O–H groups in total. The molecule has 6 heteroatoms. The number of thiophene rings is 1. The van der Waals surface area contributed by atoms with E-state index in [1.54, 1.807) is 12.1 Å². The zero-order valence-electron chi connectivity index (χ0n) is 11.1. The summed E-state index contributed by atoms with van der Waals surface area (Å²) in [6, 6.07) is 6.94. The van der Waals surface area contributed by atoms with Crippen molar-refractivity contribution in [2.24, 2.45) is 0 Å². The molecule has 1 amide bonds. The van der Waals surface area contributed by atoms with Gasteiger partial charge in [-0.2, -0.15) is 5.26 Å². The van der Waals surface area contributed by atoms with Crippen LogP contribution in [0.15, 0.2) is 18.2 Å². The van der Waals surface area contributed by atoms with E-state index < -0.39 is 0 Å². The second kappa shape index (κ2) is 5.40. The maximum absolute atomic E-state index is 12.3. The van der Waals surface area contributed by atoms with Crippen LogP contribution in [-0.4, -0.2) is 5.91 Å². The summed E-state index contributed by atoms with van der Waals surface area (Å²) in [5, 5.41) is 13.2. The summed E-state index contributed by atoms with van der Waals surface area (Å²) in [4.78, 5) is 13.5. The van der Waals surface area contributed by atoms with Crippen molar-refractivity contribution in [3.05, 3.63) is 44.8 Å². The molecule has 2 aromatic rings. The number of amides is 1. The molecule has 0 saturated heterocycles. The van der Waals surface area contributed by atoms with Crippen molar-refractivity contribution in [3.8, 4) is 6.07 Å². The van der Waals surface area contributed by atoms with E-state index in [4.69, 9.17) is 17.3 Å². The first-order valence-corrected chi connectivity index (χ1v) is 7.70. The first-order chi connectivity index (χ1) is 10.1. The van der Waals surface area contributed by atoms with Crippen LogP contribution in [0.2, 0.25) is 5.02 Å². The number of carbonyl (C=O) groups is 1. The standard InChI is InChI=1S/C15H12ClN3OS/c16-8-4-5-10(12(18)6-8)14(20)19-15-11(7-17)9-2-1-3-13(9)21-15/h4-6H,1-3,18H2,(H,19,20). The summed E-state index contributed by atoms with van der Waals surface area (Å²) < 4.78 is 0. The number of benzene rings is 1. The molecular formula is C15H12ClN3OS. The molecule has 0 unspecified atom stereocenters. The molecule has 0 saturated carbocycles. The first-order valence-electron chi connectivity index (χ1n) is 6.51. The van der Waals surface area contributed by atoms with Crippen molar-refractivity contribution in [1.82, 2.24) is 0 Å². The van der Waals surface area contributed by atoms with Gasteiger partial charge in [0.15, 0.2) is 0 Å². The number of nitrogens with zero attached hydrogens (tertiary/aromatic N) is 1. The highest BCUT2D eigenvalue weighted by Gasteiger charge is 2.23. The predicted octanol–water partition coefficient (Wildman–Crippen LogP) is 3.60. The molecule has 0 fully saturated rings. The first kappa shape index (κ1) is 13.9. The third-order valence-corrected chi connectivity index (χ3v) is 4.96. The van der Waals surface area contributed by atoms with Gasteiger partial charge in [-0.15, -0.1) is 11.3 Å². The molecule has 1 heterocycles. The Labute approximate surface area is 131 Å². The molecule has 1 aromatic carbocycles. The Bertz CT molecular complexity index is 776. The molecule has 106 valence electrons. The van der Waals surface area contributed by atoms with E-state index in [0.717, 1.165) is 24.8 Å². The summed E-state index contributed by atoms with van der Waals surface area (Å²) in [7, 11) is 0. The summed E-state index contributed by atoms with van der Waals surface area (Å²) in [5.74, 6) is -0.319. The van der Waals surface area contributed by atoms with Crippen LogP contribution < -0.4 is 11.1 Å². The molecule has 1 aliphatic carbocycles. The lowest BCUT2D eigenvalue weighted by Gasteiger charge is -2.07. The number of anilines is 2. The zero-order valence-corrected chi connectivity index (χ0v) is 12.6. The number of rotatable bonds is 2. The molecule has 21 heavy (non-hydrogen) atoms. The van der Waals surface area contributed by atoms with Crippen molar-refractivity contribution in [3.63, 3.8) is 0 Å². The number of nitrogens with two attached hydrogens (primary N) is 1. The molecule has 3 rings (SSSR count). The van der Waals surface area contributed by atoms with Crippen LogP contribution in [0, 0.1) is 11.3 Å². The number of fused-ring (bicyclic) bond motifs is 1. The van der Waals surface area contributed by atoms with E-state index in [1.807, 2.05) is 0 Å². The minimum atomic E-state index is -0.319. The number of halogens is 1. The van der Waals surface area contributed by atoms with Crippen molar-refractivity contribution < 1.29 is 4.79 Å². The molecule has 1 aliphatic rings. The average Bonchev–Trinajstić information content (AvgIpc) is 2.98. The number of nitriles is 1. The quantitative estimate of drug-likeness (QED) is 0.831. The third-order valence-electron chi connectivity index (χ3n) is 3.52. The van der Waals surface area contributed by atoms with Crippen molar-refractivity contribution in [2.75, 3.05) is 11.1 Å². The molecule has 0 spiro atoms. The lowest BCUT2D eigenvalue weighted by atomic mass is 10.1. The molecular weight excluding hydrogens is 306 g/mol. The highest BCUT2D eigenvalue weighted by Crippen LogP contribution is 2.38. The van der Waals surface area contributed by atoms with E-state index in [-0.39, 0.29) is 5.91 Å². The van der Waals surface area contributed by atoms with Gasteiger partial charge in [0, 0.05) is 15.6 Å². The largest absolute Gasteiger partial charge is 0.398 e. The number of nitrogen functional groups attached to an aromatic ring is 1. The van der Waals surface area contributed by atoms with Gasteiger partial charge in [0.2, 0.25) is 0 Å². The molecule has 0 atom stereocenters. The molecule has 0 aliphatic heterocycles. The lowest BCUT2D eigenvalue weighted by Crippen LogP contribution is -2.14. The Morgan fingerprint density at radius 1 is 1.43 bits per heavy atom. The van der Waals surface area contributed by atoms with Crippen LogP contribution in [0.25, 0.3) is 0 Å². The van der Waals surface area contributed by atoms with Gasteiger partial charge in [0.25, 0.3) is 5.91 Å².